The van der Waals surface area contributed by atoms with Gasteiger partial charge in [-0.3, -0.25) is 4.79 Å². The molecule has 10 heteroatoms. The lowest BCUT2D eigenvalue weighted by molar-refractivity contribution is -0.137. The van der Waals surface area contributed by atoms with Crippen molar-refractivity contribution in [1.82, 2.24) is 14.5 Å². The minimum Gasteiger partial charge on any atom is -0.496 e. The number of piperazine rings is 1. The van der Waals surface area contributed by atoms with Crippen LogP contribution in [0.3, 0.4) is 0 Å². The molecule has 0 radical (unpaired) electrons. The SMILES string of the molecule is COc1ccc(F)cc1[C@@H]1CCc2nc(C(=O)N3CCN(c4cccc(C(F)(F)F)c4)CC3)cn2C1. The van der Waals surface area contributed by atoms with Crippen molar-refractivity contribution in [2.45, 2.75) is 31.5 Å². The van der Waals surface area contributed by atoms with Gasteiger partial charge in [0.25, 0.3) is 5.91 Å². The van der Waals surface area contributed by atoms with E-state index in [-0.39, 0.29) is 17.6 Å². The van der Waals surface area contributed by atoms with Crippen LogP contribution in [0, 0.1) is 5.82 Å². The first kappa shape index (κ1) is 24.1. The maximum Gasteiger partial charge on any atom is 0.416 e. The maximum atomic E-state index is 13.9. The van der Waals surface area contributed by atoms with E-state index in [0.717, 1.165) is 29.9 Å². The molecule has 2 aliphatic rings. The minimum absolute atomic E-state index is 0.0382. The zero-order valence-electron chi connectivity index (χ0n) is 19.8. The van der Waals surface area contributed by atoms with Gasteiger partial charge in [0.15, 0.2) is 0 Å². The molecule has 3 heterocycles. The second-order valence-electron chi connectivity index (χ2n) is 9.14. The smallest absolute Gasteiger partial charge is 0.416 e. The van der Waals surface area contributed by atoms with Crippen LogP contribution in [0.25, 0.3) is 0 Å². The topological polar surface area (TPSA) is 50.6 Å². The van der Waals surface area contributed by atoms with Crippen molar-refractivity contribution in [3.8, 4) is 5.75 Å². The molecule has 0 unspecified atom stereocenters. The van der Waals surface area contributed by atoms with Gasteiger partial charge in [0, 0.05) is 62.5 Å². The Kier molecular flexibility index (Phi) is 6.36. The normalized spacial score (nSPS) is 18.2. The lowest BCUT2D eigenvalue weighted by Crippen LogP contribution is -2.49. The van der Waals surface area contributed by atoms with Crippen molar-refractivity contribution >= 4 is 11.6 Å². The van der Waals surface area contributed by atoms with Crippen LogP contribution in [0.2, 0.25) is 0 Å². The van der Waals surface area contributed by atoms with Gasteiger partial charge in [0.2, 0.25) is 0 Å². The van der Waals surface area contributed by atoms with Crippen molar-refractivity contribution in [2.75, 3.05) is 38.2 Å². The van der Waals surface area contributed by atoms with E-state index in [1.807, 2.05) is 9.47 Å². The van der Waals surface area contributed by atoms with Gasteiger partial charge in [0.1, 0.15) is 23.1 Å². The Bertz CT molecular complexity index is 1270. The number of halogens is 4. The lowest BCUT2D eigenvalue weighted by atomic mass is 9.91. The number of aryl methyl sites for hydroxylation is 1. The fourth-order valence-corrected chi connectivity index (χ4v) is 5.03. The van der Waals surface area contributed by atoms with Crippen molar-refractivity contribution in [2.24, 2.45) is 0 Å². The summed E-state index contributed by atoms with van der Waals surface area (Å²) in [5.74, 6) is 0.978. The lowest BCUT2D eigenvalue weighted by Gasteiger charge is -2.36. The average Bonchev–Trinajstić information content (AvgIpc) is 3.31. The Morgan fingerprint density at radius 3 is 2.58 bits per heavy atom. The molecule has 1 fully saturated rings. The molecule has 1 atom stereocenters. The van der Waals surface area contributed by atoms with E-state index >= 15 is 0 Å². The molecule has 36 heavy (non-hydrogen) atoms. The summed E-state index contributed by atoms with van der Waals surface area (Å²) in [5, 5.41) is 0. The van der Waals surface area contributed by atoms with E-state index in [9.17, 15) is 22.4 Å². The van der Waals surface area contributed by atoms with Gasteiger partial charge in [-0.2, -0.15) is 13.2 Å². The quantitative estimate of drug-likeness (QED) is 0.484. The zero-order valence-corrected chi connectivity index (χ0v) is 19.8. The molecule has 0 N–H and O–H groups in total. The molecule has 0 saturated carbocycles. The first-order valence-corrected chi connectivity index (χ1v) is 11.8. The molecule has 1 aromatic heterocycles. The molecule has 0 spiro atoms. The summed E-state index contributed by atoms with van der Waals surface area (Å²) < 4.78 is 60.4. The monoisotopic (exact) mass is 502 g/mol. The van der Waals surface area contributed by atoms with Crippen LogP contribution in [-0.4, -0.2) is 53.6 Å². The number of rotatable bonds is 4. The summed E-state index contributed by atoms with van der Waals surface area (Å²) in [4.78, 5) is 21.3. The number of anilines is 1. The second-order valence-corrected chi connectivity index (χ2v) is 9.14. The summed E-state index contributed by atoms with van der Waals surface area (Å²) in [6.45, 7) is 2.21. The molecule has 6 nitrogen and oxygen atoms in total. The van der Waals surface area contributed by atoms with Crippen LogP contribution < -0.4 is 9.64 Å². The molecular weight excluding hydrogens is 476 g/mol. The standard InChI is InChI=1S/C26H26F4N4O2/c1-36-23-7-6-19(27)14-21(23)17-5-8-24-31-22(16-34(24)15-17)25(35)33-11-9-32(10-12-33)20-4-2-3-18(13-20)26(28,29)30/h2-4,6-7,13-14,16-17H,5,8-12,15H2,1H3/t17-/m1/s1. The predicted octanol–water partition coefficient (Wildman–Crippen LogP) is 4.74. The number of benzene rings is 2. The number of carbonyl (C=O) groups is 1. The maximum absolute atomic E-state index is 13.9. The van der Waals surface area contributed by atoms with Crippen molar-refractivity contribution < 1.29 is 27.1 Å². The van der Waals surface area contributed by atoms with Crippen LogP contribution in [0.1, 0.15) is 39.8 Å². The van der Waals surface area contributed by atoms with E-state index in [0.29, 0.717) is 56.3 Å². The first-order chi connectivity index (χ1) is 17.2. The molecule has 1 amide bonds. The third kappa shape index (κ3) is 4.76. The van der Waals surface area contributed by atoms with E-state index in [1.165, 1.54) is 18.2 Å². The van der Waals surface area contributed by atoms with E-state index in [2.05, 4.69) is 4.98 Å². The Morgan fingerprint density at radius 1 is 1.08 bits per heavy atom. The second kappa shape index (κ2) is 9.48. The Morgan fingerprint density at radius 2 is 1.86 bits per heavy atom. The van der Waals surface area contributed by atoms with Crippen LogP contribution >= 0.6 is 0 Å². The summed E-state index contributed by atoms with van der Waals surface area (Å²) in [7, 11) is 1.56. The number of hydrogen-bond donors (Lipinski definition) is 0. The van der Waals surface area contributed by atoms with Gasteiger partial charge in [-0.25, -0.2) is 9.37 Å². The Labute approximate surface area is 206 Å². The first-order valence-electron chi connectivity index (χ1n) is 11.8. The van der Waals surface area contributed by atoms with Crippen molar-refractivity contribution in [3.63, 3.8) is 0 Å². The van der Waals surface area contributed by atoms with Crippen molar-refractivity contribution in [1.29, 1.82) is 0 Å². The number of aromatic nitrogens is 2. The molecule has 2 aliphatic heterocycles. The molecule has 5 rings (SSSR count). The number of amides is 1. The fourth-order valence-electron chi connectivity index (χ4n) is 5.03. The summed E-state index contributed by atoms with van der Waals surface area (Å²) in [6.07, 6.45) is -1.23. The highest BCUT2D eigenvalue weighted by atomic mass is 19.4. The van der Waals surface area contributed by atoms with E-state index < -0.39 is 11.7 Å². The predicted molar refractivity (Wildman–Crippen MR) is 126 cm³/mol. The van der Waals surface area contributed by atoms with Crippen LogP contribution in [0.4, 0.5) is 23.2 Å². The fraction of sp³-hybridized carbons (Fsp3) is 0.385. The molecule has 1 saturated heterocycles. The molecular formula is C26H26F4N4O2. The zero-order chi connectivity index (χ0) is 25.4. The largest absolute Gasteiger partial charge is 0.496 e. The Balaban J connectivity index is 1.25. The summed E-state index contributed by atoms with van der Waals surface area (Å²) >= 11 is 0. The van der Waals surface area contributed by atoms with Crippen LogP contribution in [0.5, 0.6) is 5.75 Å². The summed E-state index contributed by atoms with van der Waals surface area (Å²) in [6, 6.07) is 9.75. The van der Waals surface area contributed by atoms with Crippen LogP contribution in [-0.2, 0) is 19.1 Å². The van der Waals surface area contributed by atoms with Crippen LogP contribution in [0.15, 0.2) is 48.7 Å². The van der Waals surface area contributed by atoms with Gasteiger partial charge >= 0.3 is 6.18 Å². The van der Waals surface area contributed by atoms with Gasteiger partial charge < -0.3 is 19.1 Å². The number of methoxy groups -OCH3 is 1. The third-order valence-electron chi connectivity index (χ3n) is 6.95. The third-order valence-corrected chi connectivity index (χ3v) is 6.95. The van der Waals surface area contributed by atoms with Gasteiger partial charge in [0.05, 0.1) is 12.7 Å². The minimum atomic E-state index is -4.40. The van der Waals surface area contributed by atoms with E-state index in [4.69, 9.17) is 4.74 Å². The Hall–Kier alpha value is -3.56. The average molecular weight is 503 g/mol. The number of carbonyl (C=O) groups excluding carboxylic acids is 1. The number of hydrogen-bond acceptors (Lipinski definition) is 4. The number of nitrogens with zero attached hydrogens (tertiary/aromatic N) is 4. The molecule has 0 bridgehead atoms. The van der Waals surface area contributed by atoms with Gasteiger partial charge in [-0.1, -0.05) is 6.07 Å². The molecule has 2 aromatic carbocycles. The van der Waals surface area contributed by atoms with Gasteiger partial charge in [-0.15, -0.1) is 0 Å². The number of imidazole rings is 1. The highest BCUT2D eigenvalue weighted by molar-refractivity contribution is 5.92. The molecule has 190 valence electrons. The number of alkyl halides is 3. The number of fused-ring (bicyclic) bond motifs is 1. The van der Waals surface area contributed by atoms with E-state index in [1.54, 1.807) is 30.3 Å². The molecule has 0 aliphatic carbocycles. The van der Waals surface area contributed by atoms with Crippen molar-refractivity contribution in [3.05, 3.63) is 77.1 Å². The highest BCUT2D eigenvalue weighted by Crippen LogP contribution is 2.35. The highest BCUT2D eigenvalue weighted by Gasteiger charge is 2.32. The molecule has 3 aromatic rings. The summed E-state index contributed by atoms with van der Waals surface area (Å²) in [5.41, 5.74) is 0.962. The number of ether oxygens (including phenoxy) is 1. The van der Waals surface area contributed by atoms with Gasteiger partial charge in [-0.05, 0) is 42.8 Å².